The fourth-order valence-corrected chi connectivity index (χ4v) is 5.08. The van der Waals surface area contributed by atoms with E-state index in [1.54, 1.807) is 6.20 Å². The lowest BCUT2D eigenvalue weighted by Gasteiger charge is -2.26. The number of aromatic nitrogens is 4. The molecule has 1 saturated carbocycles. The van der Waals surface area contributed by atoms with E-state index < -0.39 is 0 Å². The van der Waals surface area contributed by atoms with Crippen LogP contribution in [0.5, 0.6) is 0 Å². The number of H-pyrrole nitrogens is 2. The van der Waals surface area contributed by atoms with Crippen molar-refractivity contribution in [3.05, 3.63) is 34.1 Å². The van der Waals surface area contributed by atoms with Crippen molar-refractivity contribution in [1.82, 2.24) is 25.5 Å². The number of nitrogens with zero attached hydrogens (tertiary/aromatic N) is 2. The highest BCUT2D eigenvalue weighted by Gasteiger charge is 2.47. The Kier molecular flexibility index (Phi) is 2.64. The van der Waals surface area contributed by atoms with Crippen molar-refractivity contribution in [3.8, 4) is 10.4 Å². The van der Waals surface area contributed by atoms with Gasteiger partial charge in [0.25, 0.3) is 5.56 Å². The van der Waals surface area contributed by atoms with E-state index in [2.05, 4.69) is 20.5 Å². The van der Waals surface area contributed by atoms with Crippen LogP contribution in [0, 0.1) is 12.8 Å². The summed E-state index contributed by atoms with van der Waals surface area (Å²) >= 11 is 1.48. The summed E-state index contributed by atoms with van der Waals surface area (Å²) in [5.41, 5.74) is 2.67. The molecule has 7 heteroatoms. The van der Waals surface area contributed by atoms with Gasteiger partial charge in [-0.1, -0.05) is 0 Å². The van der Waals surface area contributed by atoms with Crippen molar-refractivity contribution in [3.63, 3.8) is 0 Å². The Hall–Kier alpha value is -1.99. The van der Waals surface area contributed by atoms with Crippen LogP contribution in [-0.4, -0.2) is 26.7 Å². The maximum absolute atomic E-state index is 12.6. The number of fused-ring (bicyclic) bond motifs is 3. The summed E-state index contributed by atoms with van der Waals surface area (Å²) in [5.74, 6) is 1.53. The van der Waals surface area contributed by atoms with E-state index in [4.69, 9.17) is 4.98 Å². The van der Waals surface area contributed by atoms with Gasteiger partial charge in [-0.05, 0) is 44.7 Å². The van der Waals surface area contributed by atoms with Gasteiger partial charge in [0.1, 0.15) is 10.5 Å². The molecule has 23 heavy (non-hydrogen) atoms. The van der Waals surface area contributed by atoms with E-state index in [-0.39, 0.29) is 11.1 Å². The molecule has 0 aromatic carbocycles. The first-order valence-corrected chi connectivity index (χ1v) is 8.76. The average Bonchev–Trinajstić information content (AvgIpc) is 3.29. The second-order valence-electron chi connectivity index (χ2n) is 6.72. The van der Waals surface area contributed by atoms with Crippen molar-refractivity contribution in [2.24, 2.45) is 5.92 Å². The first-order chi connectivity index (χ1) is 11.1. The number of aryl methyl sites for hydroxylation is 1. The van der Waals surface area contributed by atoms with Crippen LogP contribution in [0.4, 0.5) is 0 Å². The molecule has 2 bridgehead atoms. The molecule has 0 radical (unpaired) electrons. The van der Waals surface area contributed by atoms with Crippen molar-refractivity contribution in [1.29, 1.82) is 0 Å². The summed E-state index contributed by atoms with van der Waals surface area (Å²) in [7, 11) is 0. The first kappa shape index (κ1) is 13.4. The van der Waals surface area contributed by atoms with Gasteiger partial charge in [-0.15, -0.1) is 11.3 Å². The third-order valence-corrected chi connectivity index (χ3v) is 6.43. The van der Waals surface area contributed by atoms with Crippen LogP contribution in [0.1, 0.15) is 30.8 Å². The molecule has 1 aliphatic carbocycles. The minimum absolute atomic E-state index is 0.0334. The molecular weight excluding hydrogens is 310 g/mol. The normalized spacial score (nSPS) is 26.4. The maximum atomic E-state index is 12.6. The standard InChI is InChI=1S/C16H17N5OS/c1-8-10(7-18-21-8)12-4-11-13(23-12)14(22)20-15(19-11)16-3-2-9(5-16)6-17-16/h4,7,9,17H,2-3,5-6H2,1H3,(H,18,21)(H,19,20,22). The minimum Gasteiger partial charge on any atom is -0.308 e. The number of aromatic amines is 2. The molecule has 1 saturated heterocycles. The predicted molar refractivity (Wildman–Crippen MR) is 89.6 cm³/mol. The second-order valence-corrected chi connectivity index (χ2v) is 7.77. The second kappa shape index (κ2) is 4.52. The van der Waals surface area contributed by atoms with Gasteiger partial charge in [0.05, 0.1) is 17.3 Å². The molecular formula is C16H17N5OS. The lowest BCUT2D eigenvalue weighted by atomic mass is 9.98. The Bertz CT molecular complexity index is 960. The Morgan fingerprint density at radius 3 is 3.00 bits per heavy atom. The monoisotopic (exact) mass is 327 g/mol. The third kappa shape index (κ3) is 1.86. The summed E-state index contributed by atoms with van der Waals surface area (Å²) in [4.78, 5) is 21.4. The molecule has 6 nitrogen and oxygen atoms in total. The van der Waals surface area contributed by atoms with Crippen LogP contribution in [0.2, 0.25) is 0 Å². The van der Waals surface area contributed by atoms with Gasteiger partial charge in [0, 0.05) is 16.1 Å². The van der Waals surface area contributed by atoms with Crippen LogP contribution < -0.4 is 10.9 Å². The zero-order valence-electron chi connectivity index (χ0n) is 12.8. The molecule has 3 aromatic rings. The van der Waals surface area contributed by atoms with Gasteiger partial charge in [-0.25, -0.2) is 4.98 Å². The zero-order chi connectivity index (χ0) is 15.6. The number of hydrogen-bond donors (Lipinski definition) is 3. The largest absolute Gasteiger partial charge is 0.308 e. The van der Waals surface area contributed by atoms with E-state index in [0.29, 0.717) is 4.70 Å². The quantitative estimate of drug-likeness (QED) is 0.674. The van der Waals surface area contributed by atoms with Crippen LogP contribution >= 0.6 is 11.3 Å². The van der Waals surface area contributed by atoms with Crippen molar-refractivity contribution in [2.45, 2.75) is 31.7 Å². The number of hydrogen-bond acceptors (Lipinski definition) is 5. The van der Waals surface area contributed by atoms with E-state index in [9.17, 15) is 4.79 Å². The van der Waals surface area contributed by atoms with E-state index in [1.807, 2.05) is 13.0 Å². The first-order valence-electron chi connectivity index (χ1n) is 7.94. The van der Waals surface area contributed by atoms with Crippen molar-refractivity contribution >= 4 is 21.6 Å². The molecule has 2 aliphatic rings. The predicted octanol–water partition coefficient (Wildman–Crippen LogP) is 2.28. The van der Waals surface area contributed by atoms with E-state index >= 15 is 0 Å². The molecule has 118 valence electrons. The molecule has 2 atom stereocenters. The van der Waals surface area contributed by atoms with Crippen LogP contribution in [0.15, 0.2) is 17.1 Å². The summed E-state index contributed by atoms with van der Waals surface area (Å²) in [6.45, 7) is 3.01. The highest BCUT2D eigenvalue weighted by molar-refractivity contribution is 7.22. The zero-order valence-corrected chi connectivity index (χ0v) is 13.6. The molecule has 2 unspecified atom stereocenters. The minimum atomic E-state index is -0.119. The Morgan fingerprint density at radius 2 is 2.35 bits per heavy atom. The Labute approximate surface area is 136 Å². The molecule has 3 N–H and O–H groups in total. The lowest BCUT2D eigenvalue weighted by Crippen LogP contribution is -2.40. The summed E-state index contributed by atoms with van der Waals surface area (Å²) < 4.78 is 0.688. The summed E-state index contributed by atoms with van der Waals surface area (Å²) in [6, 6.07) is 2.01. The fraction of sp³-hybridized carbons (Fsp3) is 0.438. The topological polar surface area (TPSA) is 86.5 Å². The van der Waals surface area contributed by atoms with Gasteiger partial charge >= 0.3 is 0 Å². The highest BCUT2D eigenvalue weighted by atomic mass is 32.1. The molecule has 0 spiro atoms. The van der Waals surface area contributed by atoms with E-state index in [0.717, 1.165) is 52.8 Å². The fourth-order valence-electron chi connectivity index (χ4n) is 4.02. The molecule has 5 rings (SSSR count). The van der Waals surface area contributed by atoms with Crippen molar-refractivity contribution in [2.75, 3.05) is 6.54 Å². The number of thiophene rings is 1. The Balaban J connectivity index is 1.68. The molecule has 4 heterocycles. The Morgan fingerprint density at radius 1 is 1.43 bits per heavy atom. The van der Waals surface area contributed by atoms with E-state index in [1.165, 1.54) is 17.8 Å². The molecule has 2 fully saturated rings. The van der Waals surface area contributed by atoms with Gasteiger partial charge < -0.3 is 10.3 Å². The highest BCUT2D eigenvalue weighted by Crippen LogP contribution is 2.45. The molecule has 0 amide bonds. The number of piperidine rings is 1. The lowest BCUT2D eigenvalue weighted by molar-refractivity contribution is 0.353. The number of nitrogens with one attached hydrogen (secondary N) is 3. The molecule has 1 aliphatic heterocycles. The van der Waals surface area contributed by atoms with Gasteiger partial charge in [-0.3, -0.25) is 9.89 Å². The third-order valence-electron chi connectivity index (χ3n) is 5.28. The molecule has 3 aromatic heterocycles. The van der Waals surface area contributed by atoms with Crippen LogP contribution in [0.25, 0.3) is 20.7 Å². The van der Waals surface area contributed by atoms with Crippen molar-refractivity contribution < 1.29 is 0 Å². The van der Waals surface area contributed by atoms with Gasteiger partial charge in [0.2, 0.25) is 0 Å². The van der Waals surface area contributed by atoms with Gasteiger partial charge in [0.15, 0.2) is 0 Å². The SMILES string of the molecule is Cc1[nH]ncc1-c1cc2nc(C34CCC(CN3)C4)[nH]c(=O)c2s1. The van der Waals surface area contributed by atoms with Crippen LogP contribution in [0.3, 0.4) is 0 Å². The summed E-state index contributed by atoms with van der Waals surface area (Å²) in [6.07, 6.45) is 5.16. The smallest absolute Gasteiger partial charge is 0.268 e. The maximum Gasteiger partial charge on any atom is 0.268 e. The number of rotatable bonds is 2. The average molecular weight is 327 g/mol. The summed E-state index contributed by atoms with van der Waals surface area (Å²) in [5, 5.41) is 10.6. The van der Waals surface area contributed by atoms with Gasteiger partial charge in [-0.2, -0.15) is 5.10 Å². The van der Waals surface area contributed by atoms with Crippen LogP contribution in [-0.2, 0) is 5.54 Å².